The Bertz CT molecular complexity index is 590. The van der Waals surface area contributed by atoms with E-state index in [4.69, 9.17) is 0 Å². The van der Waals surface area contributed by atoms with Crippen molar-refractivity contribution in [3.05, 3.63) is 34.9 Å². The van der Waals surface area contributed by atoms with Crippen molar-refractivity contribution in [2.45, 2.75) is 64.6 Å². The Hall–Kier alpha value is -1.43. The summed E-state index contributed by atoms with van der Waals surface area (Å²) in [5.74, 6) is 0.580. The number of amides is 1. The van der Waals surface area contributed by atoms with Crippen LogP contribution in [0.4, 0.5) is 0 Å². The molecule has 0 spiro atoms. The highest BCUT2D eigenvalue weighted by Gasteiger charge is 2.39. The summed E-state index contributed by atoms with van der Waals surface area (Å²) < 4.78 is 0. The minimum atomic E-state index is -0.880. The number of rotatable bonds is 4. The van der Waals surface area contributed by atoms with Gasteiger partial charge in [0.1, 0.15) is 12.5 Å². The molecular formula is C18H26N2O3. The van der Waals surface area contributed by atoms with Crippen molar-refractivity contribution < 1.29 is 15.0 Å². The number of carbonyl (C=O) groups excluding carboxylic acids is 1. The highest BCUT2D eigenvalue weighted by Crippen LogP contribution is 2.32. The Morgan fingerprint density at radius 2 is 2.13 bits per heavy atom. The molecule has 2 aliphatic rings. The van der Waals surface area contributed by atoms with Gasteiger partial charge in [-0.1, -0.05) is 32.4 Å². The molecular weight excluding hydrogens is 292 g/mol. The number of carbonyl (C=O) groups is 1. The van der Waals surface area contributed by atoms with Crippen LogP contribution in [0.1, 0.15) is 54.6 Å². The number of piperidine rings is 1. The van der Waals surface area contributed by atoms with Crippen LogP contribution in [0.25, 0.3) is 0 Å². The van der Waals surface area contributed by atoms with Crippen LogP contribution in [0.2, 0.25) is 0 Å². The highest BCUT2D eigenvalue weighted by atomic mass is 16.3. The second kappa shape index (κ2) is 6.59. The highest BCUT2D eigenvalue weighted by molar-refractivity contribution is 5.99. The molecule has 1 aromatic rings. The lowest BCUT2D eigenvalue weighted by atomic mass is 9.93. The van der Waals surface area contributed by atoms with E-state index in [1.807, 2.05) is 12.1 Å². The number of benzene rings is 1. The molecule has 0 saturated carbocycles. The van der Waals surface area contributed by atoms with Gasteiger partial charge in [-0.2, -0.15) is 0 Å². The second-order valence-electron chi connectivity index (χ2n) is 6.87. The van der Waals surface area contributed by atoms with E-state index in [0.29, 0.717) is 25.3 Å². The van der Waals surface area contributed by atoms with Crippen molar-refractivity contribution in [2.75, 3.05) is 0 Å². The maximum atomic E-state index is 12.8. The van der Waals surface area contributed by atoms with Crippen LogP contribution in [-0.4, -0.2) is 39.5 Å². The van der Waals surface area contributed by atoms with Gasteiger partial charge in [-0.15, -0.1) is 0 Å². The number of aliphatic hydroxyl groups is 2. The molecule has 3 N–H and O–H groups in total. The summed E-state index contributed by atoms with van der Waals surface area (Å²) in [7, 11) is 0. The number of nitrogens with one attached hydrogen (secondary N) is 1. The first-order chi connectivity index (χ1) is 11.0. The lowest BCUT2D eigenvalue weighted by Gasteiger charge is -2.37. The lowest BCUT2D eigenvalue weighted by Crippen LogP contribution is -2.56. The van der Waals surface area contributed by atoms with Crippen molar-refractivity contribution in [3.8, 4) is 0 Å². The van der Waals surface area contributed by atoms with Gasteiger partial charge in [0, 0.05) is 12.1 Å². The fraction of sp³-hybridized carbons (Fsp3) is 0.611. The molecule has 0 radical (unpaired) electrons. The van der Waals surface area contributed by atoms with Gasteiger partial charge in [0.2, 0.25) is 0 Å². The van der Waals surface area contributed by atoms with E-state index in [1.54, 1.807) is 4.90 Å². The molecule has 0 bridgehead atoms. The summed E-state index contributed by atoms with van der Waals surface area (Å²) in [6.45, 7) is 4.96. The summed E-state index contributed by atoms with van der Waals surface area (Å²) in [6.07, 6.45) is 1.67. The maximum absolute atomic E-state index is 12.8. The van der Waals surface area contributed by atoms with E-state index in [0.717, 1.165) is 24.0 Å². The minimum absolute atomic E-state index is 0.00626. The molecule has 1 saturated heterocycles. The molecule has 4 unspecified atom stereocenters. The van der Waals surface area contributed by atoms with Crippen LogP contribution < -0.4 is 5.32 Å². The Labute approximate surface area is 137 Å². The molecule has 126 valence electrons. The zero-order valence-corrected chi connectivity index (χ0v) is 13.8. The van der Waals surface area contributed by atoms with E-state index in [1.165, 1.54) is 5.56 Å². The molecule has 4 atom stereocenters. The minimum Gasteiger partial charge on any atom is -0.379 e. The van der Waals surface area contributed by atoms with Crippen molar-refractivity contribution in [1.29, 1.82) is 0 Å². The Kier molecular flexibility index (Phi) is 4.71. The number of aliphatic hydroxyl groups excluding tert-OH is 2. The van der Waals surface area contributed by atoms with Crippen LogP contribution in [0.15, 0.2) is 18.2 Å². The molecule has 3 rings (SSSR count). The van der Waals surface area contributed by atoms with Gasteiger partial charge in [-0.25, -0.2) is 0 Å². The molecule has 23 heavy (non-hydrogen) atoms. The monoisotopic (exact) mass is 318 g/mol. The number of hydrogen-bond donors (Lipinski definition) is 3. The lowest BCUT2D eigenvalue weighted by molar-refractivity contribution is -0.0477. The van der Waals surface area contributed by atoms with Gasteiger partial charge < -0.3 is 15.1 Å². The molecule has 0 aliphatic carbocycles. The number of fused-ring (bicyclic) bond motifs is 1. The quantitative estimate of drug-likeness (QED) is 0.789. The third-order valence-corrected chi connectivity index (χ3v) is 5.22. The third kappa shape index (κ3) is 3.13. The fourth-order valence-electron chi connectivity index (χ4n) is 3.60. The first-order valence-electron chi connectivity index (χ1n) is 8.55. The molecule has 5 nitrogen and oxygen atoms in total. The first-order valence-corrected chi connectivity index (χ1v) is 8.55. The van der Waals surface area contributed by atoms with E-state index in [9.17, 15) is 15.0 Å². The second-order valence-corrected chi connectivity index (χ2v) is 6.87. The Morgan fingerprint density at radius 3 is 2.83 bits per heavy atom. The van der Waals surface area contributed by atoms with Gasteiger partial charge in [-0.3, -0.25) is 10.1 Å². The van der Waals surface area contributed by atoms with Gasteiger partial charge in [-0.05, 0) is 42.4 Å². The van der Waals surface area contributed by atoms with Crippen LogP contribution >= 0.6 is 0 Å². The average molecular weight is 318 g/mol. The summed E-state index contributed by atoms with van der Waals surface area (Å²) in [6, 6.07) is 5.67. The van der Waals surface area contributed by atoms with Crippen LogP contribution in [0.5, 0.6) is 0 Å². The largest absolute Gasteiger partial charge is 0.379 e. The molecule has 1 amide bonds. The van der Waals surface area contributed by atoms with Crippen molar-refractivity contribution in [3.63, 3.8) is 0 Å². The van der Waals surface area contributed by atoms with E-state index in [2.05, 4.69) is 25.2 Å². The number of hydrogen-bond acceptors (Lipinski definition) is 4. The topological polar surface area (TPSA) is 72.8 Å². The van der Waals surface area contributed by atoms with Crippen molar-refractivity contribution in [1.82, 2.24) is 10.2 Å². The normalized spacial score (nSPS) is 28.8. The van der Waals surface area contributed by atoms with E-state index in [-0.39, 0.29) is 11.9 Å². The fourth-order valence-corrected chi connectivity index (χ4v) is 3.60. The van der Waals surface area contributed by atoms with Crippen molar-refractivity contribution in [2.24, 2.45) is 5.92 Å². The number of nitrogens with zero attached hydrogens (tertiary/aromatic N) is 1. The standard InChI is InChI=1S/C18H26N2O3/c1-3-11(2)9-12-5-4-6-13-14(12)10-20(18(13)23)15-7-8-16(21)19-17(15)22/h4-6,11,15-17,19,21-22H,3,7-10H2,1-2H3. The first kappa shape index (κ1) is 16.4. The van der Waals surface area contributed by atoms with Crippen LogP contribution in [0.3, 0.4) is 0 Å². The smallest absolute Gasteiger partial charge is 0.254 e. The van der Waals surface area contributed by atoms with E-state index >= 15 is 0 Å². The Morgan fingerprint density at radius 1 is 1.35 bits per heavy atom. The molecule has 5 heteroatoms. The SMILES string of the molecule is CCC(C)Cc1cccc2c1CN(C1CCC(O)NC1O)C2=O. The third-order valence-electron chi connectivity index (χ3n) is 5.22. The predicted octanol–water partition coefficient (Wildman–Crippen LogP) is 1.62. The zero-order chi connectivity index (χ0) is 16.6. The van der Waals surface area contributed by atoms with Gasteiger partial charge >= 0.3 is 0 Å². The summed E-state index contributed by atoms with van der Waals surface area (Å²) in [5, 5.41) is 22.5. The molecule has 2 heterocycles. The van der Waals surface area contributed by atoms with Gasteiger partial charge in [0.25, 0.3) is 5.91 Å². The molecule has 2 aliphatic heterocycles. The molecule has 0 aromatic heterocycles. The molecule has 1 aromatic carbocycles. The van der Waals surface area contributed by atoms with Crippen molar-refractivity contribution >= 4 is 5.91 Å². The van der Waals surface area contributed by atoms with E-state index < -0.39 is 12.5 Å². The zero-order valence-electron chi connectivity index (χ0n) is 13.8. The molecule has 1 fully saturated rings. The van der Waals surface area contributed by atoms with Gasteiger partial charge in [0.15, 0.2) is 0 Å². The average Bonchev–Trinajstić information content (AvgIpc) is 2.86. The maximum Gasteiger partial charge on any atom is 0.254 e. The van der Waals surface area contributed by atoms with Crippen LogP contribution in [-0.2, 0) is 13.0 Å². The summed E-state index contributed by atoms with van der Waals surface area (Å²) in [4.78, 5) is 14.5. The van der Waals surface area contributed by atoms with Crippen LogP contribution in [0, 0.1) is 5.92 Å². The predicted molar refractivity (Wildman–Crippen MR) is 87.6 cm³/mol. The Balaban J connectivity index is 1.83. The van der Waals surface area contributed by atoms with Gasteiger partial charge in [0.05, 0.1) is 6.04 Å². The summed E-state index contributed by atoms with van der Waals surface area (Å²) >= 11 is 0. The summed E-state index contributed by atoms with van der Waals surface area (Å²) in [5.41, 5.74) is 3.12.